The zero-order chi connectivity index (χ0) is 15.9. The Kier molecular flexibility index (Phi) is 3.65. The summed E-state index contributed by atoms with van der Waals surface area (Å²) in [6.45, 7) is 7.34. The summed E-state index contributed by atoms with van der Waals surface area (Å²) >= 11 is 0. The van der Waals surface area contributed by atoms with Gasteiger partial charge in [0.2, 0.25) is 0 Å². The topological polar surface area (TPSA) is 51.8 Å². The zero-order valence-corrected chi connectivity index (χ0v) is 12.3. The monoisotopic (exact) mass is 295 g/mol. The summed E-state index contributed by atoms with van der Waals surface area (Å²) in [5, 5.41) is 0. The van der Waals surface area contributed by atoms with E-state index in [2.05, 4.69) is 9.97 Å². The van der Waals surface area contributed by atoms with Crippen LogP contribution in [0.2, 0.25) is 0 Å². The molecule has 0 spiro atoms. The molecule has 0 amide bonds. The highest BCUT2D eigenvalue weighted by atomic mass is 19.2. The predicted octanol–water partition coefficient (Wildman–Crippen LogP) is 3.75. The molecule has 112 valence electrons. The van der Waals surface area contributed by atoms with Gasteiger partial charge in [-0.15, -0.1) is 0 Å². The summed E-state index contributed by atoms with van der Waals surface area (Å²) in [5.74, 6) is -3.35. The van der Waals surface area contributed by atoms with Gasteiger partial charge in [-0.05, 0) is 19.1 Å². The van der Waals surface area contributed by atoms with Gasteiger partial charge in [-0.25, -0.2) is 23.1 Å². The number of benzene rings is 1. The van der Waals surface area contributed by atoms with E-state index >= 15 is 0 Å². The van der Waals surface area contributed by atoms with Crippen LogP contribution in [0.15, 0.2) is 12.1 Å². The van der Waals surface area contributed by atoms with Crippen molar-refractivity contribution in [3.63, 3.8) is 0 Å². The molecule has 2 aromatic rings. The molecule has 0 fully saturated rings. The maximum atomic E-state index is 13.4. The lowest BCUT2D eigenvalue weighted by Crippen LogP contribution is -2.18. The Hall–Kier alpha value is -2.11. The molecule has 1 heterocycles. The normalized spacial score (nSPS) is 11.8. The lowest BCUT2D eigenvalue weighted by Gasteiger charge is -2.19. The van der Waals surface area contributed by atoms with Crippen molar-refractivity contribution in [3.8, 4) is 11.3 Å². The molecule has 0 saturated heterocycles. The van der Waals surface area contributed by atoms with Gasteiger partial charge in [0.05, 0.1) is 5.69 Å². The fourth-order valence-electron chi connectivity index (χ4n) is 1.84. The molecule has 2 rings (SSSR count). The van der Waals surface area contributed by atoms with Crippen LogP contribution >= 0.6 is 0 Å². The van der Waals surface area contributed by atoms with E-state index in [9.17, 15) is 13.2 Å². The number of halogens is 3. The fraction of sp³-hybridized carbons (Fsp3) is 0.333. The van der Waals surface area contributed by atoms with Gasteiger partial charge in [-0.1, -0.05) is 20.8 Å². The molecule has 0 aliphatic rings. The molecule has 2 N–H and O–H groups in total. The molecule has 3 nitrogen and oxygen atoms in total. The van der Waals surface area contributed by atoms with Crippen LogP contribution in [0.4, 0.5) is 19.0 Å². The van der Waals surface area contributed by atoms with E-state index < -0.39 is 17.5 Å². The average molecular weight is 295 g/mol. The molecule has 0 radical (unpaired) electrons. The van der Waals surface area contributed by atoms with E-state index in [0.717, 1.165) is 12.1 Å². The minimum Gasteiger partial charge on any atom is -0.383 e. The molecule has 1 aromatic heterocycles. The first-order valence-corrected chi connectivity index (χ1v) is 6.40. The smallest absolute Gasteiger partial charge is 0.194 e. The van der Waals surface area contributed by atoms with E-state index in [0.29, 0.717) is 17.1 Å². The highest BCUT2D eigenvalue weighted by Gasteiger charge is 2.22. The molecule has 6 heteroatoms. The summed E-state index contributed by atoms with van der Waals surface area (Å²) in [6.07, 6.45) is 0. The number of aromatic nitrogens is 2. The van der Waals surface area contributed by atoms with E-state index in [4.69, 9.17) is 5.73 Å². The average Bonchev–Trinajstić information content (AvgIpc) is 2.37. The summed E-state index contributed by atoms with van der Waals surface area (Å²) in [4.78, 5) is 8.54. The predicted molar refractivity (Wildman–Crippen MR) is 75.2 cm³/mol. The Labute approximate surface area is 121 Å². The van der Waals surface area contributed by atoms with Crippen LogP contribution in [0, 0.1) is 24.4 Å². The van der Waals surface area contributed by atoms with E-state index in [1.165, 1.54) is 0 Å². The number of hydrogen-bond acceptors (Lipinski definition) is 3. The largest absolute Gasteiger partial charge is 0.383 e. The van der Waals surface area contributed by atoms with Gasteiger partial charge in [0.25, 0.3) is 0 Å². The van der Waals surface area contributed by atoms with E-state index in [-0.39, 0.29) is 16.8 Å². The number of nitrogen functional groups attached to an aromatic ring is 1. The van der Waals surface area contributed by atoms with Crippen molar-refractivity contribution in [1.82, 2.24) is 9.97 Å². The first-order valence-electron chi connectivity index (χ1n) is 6.40. The minimum absolute atomic E-state index is 0.128. The minimum atomic E-state index is -1.51. The van der Waals surface area contributed by atoms with Crippen molar-refractivity contribution in [2.75, 3.05) is 5.73 Å². The fourth-order valence-corrected chi connectivity index (χ4v) is 1.84. The maximum absolute atomic E-state index is 13.4. The lowest BCUT2D eigenvalue weighted by molar-refractivity contribution is 0.447. The van der Waals surface area contributed by atoms with E-state index in [1.54, 1.807) is 6.92 Å². The van der Waals surface area contributed by atoms with Gasteiger partial charge < -0.3 is 5.73 Å². The first-order chi connectivity index (χ1) is 9.61. The van der Waals surface area contributed by atoms with Gasteiger partial charge in [0.15, 0.2) is 17.5 Å². The second kappa shape index (κ2) is 5.02. The molecular formula is C15H16F3N3. The van der Waals surface area contributed by atoms with Crippen molar-refractivity contribution in [2.45, 2.75) is 33.1 Å². The van der Waals surface area contributed by atoms with Crippen molar-refractivity contribution < 1.29 is 13.2 Å². The summed E-state index contributed by atoms with van der Waals surface area (Å²) in [5.41, 5.74) is 6.39. The molecule has 21 heavy (non-hydrogen) atoms. The Balaban J connectivity index is 2.72. The maximum Gasteiger partial charge on any atom is 0.194 e. The Morgan fingerprint density at radius 2 is 1.52 bits per heavy atom. The molecule has 0 aliphatic carbocycles. The summed E-state index contributed by atoms with van der Waals surface area (Å²) in [6, 6.07) is 1.80. The third kappa shape index (κ3) is 2.84. The van der Waals surface area contributed by atoms with Gasteiger partial charge >= 0.3 is 0 Å². The number of nitrogens with two attached hydrogens (primary N) is 1. The zero-order valence-electron chi connectivity index (χ0n) is 12.3. The molecule has 0 unspecified atom stereocenters. The van der Waals surface area contributed by atoms with Gasteiger partial charge in [-0.2, -0.15) is 0 Å². The Morgan fingerprint density at radius 1 is 1.00 bits per heavy atom. The summed E-state index contributed by atoms with van der Waals surface area (Å²) in [7, 11) is 0. The van der Waals surface area contributed by atoms with Gasteiger partial charge in [0.1, 0.15) is 11.6 Å². The number of hydrogen-bond donors (Lipinski definition) is 1. The second-order valence-electron chi connectivity index (χ2n) is 5.91. The quantitative estimate of drug-likeness (QED) is 0.815. The number of nitrogens with zero attached hydrogens (tertiary/aromatic N) is 2. The summed E-state index contributed by atoms with van der Waals surface area (Å²) < 4.78 is 39.9. The van der Waals surface area contributed by atoms with Crippen LogP contribution in [-0.2, 0) is 5.41 Å². The Morgan fingerprint density at radius 3 is 2.00 bits per heavy atom. The Bertz CT molecular complexity index is 683. The van der Waals surface area contributed by atoms with Gasteiger partial charge in [0, 0.05) is 16.5 Å². The van der Waals surface area contributed by atoms with Crippen LogP contribution < -0.4 is 5.73 Å². The standard InChI is InChI=1S/C15H16F3N3/c1-7-12(8-5-9(16)11(18)10(17)6-8)20-14(15(2,3)4)21-13(7)19/h5-6H,1-4H3,(H2,19,20,21). The molecule has 0 atom stereocenters. The van der Waals surface area contributed by atoms with E-state index in [1.807, 2.05) is 20.8 Å². The van der Waals surface area contributed by atoms with Crippen LogP contribution in [0.1, 0.15) is 32.2 Å². The second-order valence-corrected chi connectivity index (χ2v) is 5.91. The molecule has 0 aliphatic heterocycles. The molecular weight excluding hydrogens is 279 g/mol. The van der Waals surface area contributed by atoms with Crippen molar-refractivity contribution >= 4 is 5.82 Å². The highest BCUT2D eigenvalue weighted by molar-refractivity contribution is 5.67. The molecule has 0 saturated carbocycles. The number of rotatable bonds is 1. The van der Waals surface area contributed by atoms with Crippen LogP contribution in [0.5, 0.6) is 0 Å². The molecule has 0 bridgehead atoms. The molecule has 1 aromatic carbocycles. The van der Waals surface area contributed by atoms with Crippen LogP contribution in [0.3, 0.4) is 0 Å². The van der Waals surface area contributed by atoms with Gasteiger partial charge in [-0.3, -0.25) is 0 Å². The van der Waals surface area contributed by atoms with Crippen molar-refractivity contribution in [2.24, 2.45) is 0 Å². The van der Waals surface area contributed by atoms with Crippen molar-refractivity contribution in [3.05, 3.63) is 41.0 Å². The van der Waals surface area contributed by atoms with Crippen molar-refractivity contribution in [1.29, 1.82) is 0 Å². The highest BCUT2D eigenvalue weighted by Crippen LogP contribution is 2.30. The lowest BCUT2D eigenvalue weighted by atomic mass is 9.95. The number of anilines is 1. The SMILES string of the molecule is Cc1c(N)nc(C(C)(C)C)nc1-c1cc(F)c(F)c(F)c1. The van der Waals surface area contributed by atoms with Crippen LogP contribution in [-0.4, -0.2) is 9.97 Å². The third-order valence-corrected chi connectivity index (χ3v) is 3.11. The first kappa shape index (κ1) is 15.3. The third-order valence-electron chi connectivity index (χ3n) is 3.11. The van der Waals surface area contributed by atoms with Crippen LogP contribution in [0.25, 0.3) is 11.3 Å².